The van der Waals surface area contributed by atoms with E-state index < -0.39 is 5.97 Å². The molecule has 2 rings (SSSR count). The number of benzene rings is 2. The molecule has 0 aromatic heterocycles. The number of aromatic carboxylic acids is 1. The van der Waals surface area contributed by atoms with Gasteiger partial charge < -0.3 is 10.4 Å². The Morgan fingerprint density at radius 3 is 2.45 bits per heavy atom. The molecule has 4 heteroatoms. The minimum atomic E-state index is -0.969. The number of nitrogens with one attached hydrogen (secondary N) is 1. The molecule has 2 N–H and O–H groups in total. The van der Waals surface area contributed by atoms with Crippen molar-refractivity contribution in [1.29, 1.82) is 0 Å². The molecule has 0 saturated heterocycles. The van der Waals surface area contributed by atoms with Crippen LogP contribution in [-0.4, -0.2) is 24.0 Å². The van der Waals surface area contributed by atoms with Gasteiger partial charge in [-0.05, 0) is 35.7 Å². The van der Waals surface area contributed by atoms with Gasteiger partial charge in [-0.3, -0.25) is 4.79 Å². The van der Waals surface area contributed by atoms with Gasteiger partial charge in [0.15, 0.2) is 0 Å². The van der Waals surface area contributed by atoms with Crippen molar-refractivity contribution < 1.29 is 14.7 Å². The van der Waals surface area contributed by atoms with Crippen molar-refractivity contribution in [1.82, 2.24) is 5.32 Å². The van der Waals surface area contributed by atoms with Crippen LogP contribution in [0, 0.1) is 6.92 Å². The predicted octanol–water partition coefficient (Wildman–Crippen LogP) is 2.72. The summed E-state index contributed by atoms with van der Waals surface area (Å²) in [5.41, 5.74) is 2.79. The number of aryl methyl sites for hydroxylation is 1. The van der Waals surface area contributed by atoms with Crippen LogP contribution in [0.3, 0.4) is 0 Å². The molecule has 0 bridgehead atoms. The van der Waals surface area contributed by atoms with E-state index in [0.29, 0.717) is 22.3 Å². The molecule has 4 nitrogen and oxygen atoms in total. The maximum Gasteiger partial charge on any atom is 0.336 e. The van der Waals surface area contributed by atoms with Gasteiger partial charge >= 0.3 is 5.97 Å². The Labute approximate surface area is 117 Å². The van der Waals surface area contributed by atoms with Gasteiger partial charge in [-0.2, -0.15) is 0 Å². The summed E-state index contributed by atoms with van der Waals surface area (Å²) in [6.45, 7) is 1.76. The van der Waals surface area contributed by atoms with Crippen molar-refractivity contribution in [3.8, 4) is 11.1 Å². The Kier molecular flexibility index (Phi) is 3.84. The van der Waals surface area contributed by atoms with E-state index in [2.05, 4.69) is 5.32 Å². The van der Waals surface area contributed by atoms with Crippen LogP contribution in [0.1, 0.15) is 26.3 Å². The van der Waals surface area contributed by atoms with Gasteiger partial charge in [0, 0.05) is 12.6 Å². The third-order valence-electron chi connectivity index (χ3n) is 3.15. The van der Waals surface area contributed by atoms with Gasteiger partial charge in [0.05, 0.1) is 5.56 Å². The maximum atomic E-state index is 11.7. The number of hydrogen-bond acceptors (Lipinski definition) is 2. The van der Waals surface area contributed by atoms with Gasteiger partial charge in [-0.1, -0.05) is 30.3 Å². The first kappa shape index (κ1) is 13.8. The van der Waals surface area contributed by atoms with Crippen LogP contribution in [0.15, 0.2) is 42.5 Å². The van der Waals surface area contributed by atoms with Crippen LogP contribution in [-0.2, 0) is 0 Å². The highest BCUT2D eigenvalue weighted by atomic mass is 16.4. The van der Waals surface area contributed by atoms with Gasteiger partial charge in [0.1, 0.15) is 0 Å². The van der Waals surface area contributed by atoms with Crippen LogP contribution in [0.25, 0.3) is 11.1 Å². The standard InChI is InChI=1S/C16H15NO3/c1-10-5-3-8-13(14(10)16(19)20)11-6-4-7-12(9-11)15(18)17-2/h3-9H,1-2H3,(H,17,18)(H,19,20). The van der Waals surface area contributed by atoms with Crippen molar-refractivity contribution >= 4 is 11.9 Å². The topological polar surface area (TPSA) is 66.4 Å². The van der Waals surface area contributed by atoms with Crippen molar-refractivity contribution in [2.45, 2.75) is 6.92 Å². The summed E-state index contributed by atoms with van der Waals surface area (Å²) < 4.78 is 0. The second-order valence-corrected chi connectivity index (χ2v) is 4.46. The lowest BCUT2D eigenvalue weighted by molar-refractivity contribution is 0.0696. The van der Waals surface area contributed by atoms with Gasteiger partial charge in [0.2, 0.25) is 0 Å². The molecule has 0 radical (unpaired) electrons. The number of hydrogen-bond donors (Lipinski definition) is 2. The summed E-state index contributed by atoms with van der Waals surface area (Å²) in [5.74, 6) is -1.17. The minimum Gasteiger partial charge on any atom is -0.478 e. The molecule has 0 spiro atoms. The van der Waals surface area contributed by atoms with Crippen molar-refractivity contribution in [3.63, 3.8) is 0 Å². The van der Waals surface area contributed by atoms with E-state index in [4.69, 9.17) is 0 Å². The van der Waals surface area contributed by atoms with E-state index in [9.17, 15) is 14.7 Å². The lowest BCUT2D eigenvalue weighted by atomic mass is 9.95. The summed E-state index contributed by atoms with van der Waals surface area (Å²) in [4.78, 5) is 23.1. The van der Waals surface area contributed by atoms with Crippen molar-refractivity contribution in [2.75, 3.05) is 7.05 Å². The summed E-state index contributed by atoms with van der Waals surface area (Å²) in [6, 6.07) is 12.2. The van der Waals surface area contributed by atoms with Crippen LogP contribution in [0.5, 0.6) is 0 Å². The highest BCUT2D eigenvalue weighted by molar-refractivity contribution is 5.99. The Morgan fingerprint density at radius 1 is 1.10 bits per heavy atom. The Hall–Kier alpha value is -2.62. The van der Waals surface area contributed by atoms with Gasteiger partial charge in [-0.15, -0.1) is 0 Å². The lowest BCUT2D eigenvalue weighted by Crippen LogP contribution is -2.17. The number of carbonyl (C=O) groups excluding carboxylic acids is 1. The number of carboxylic acids is 1. The molecule has 0 atom stereocenters. The summed E-state index contributed by atoms with van der Waals surface area (Å²) >= 11 is 0. The number of carbonyl (C=O) groups is 2. The first-order valence-electron chi connectivity index (χ1n) is 6.20. The molecule has 0 heterocycles. The molecule has 0 aliphatic carbocycles. The zero-order valence-corrected chi connectivity index (χ0v) is 11.3. The zero-order chi connectivity index (χ0) is 14.7. The molecule has 102 valence electrons. The fourth-order valence-corrected chi connectivity index (χ4v) is 2.16. The minimum absolute atomic E-state index is 0.198. The second kappa shape index (κ2) is 5.57. The average molecular weight is 269 g/mol. The van der Waals surface area contributed by atoms with E-state index in [0.717, 1.165) is 0 Å². The van der Waals surface area contributed by atoms with E-state index in [1.54, 1.807) is 50.4 Å². The normalized spacial score (nSPS) is 10.1. The summed E-state index contributed by atoms with van der Waals surface area (Å²) in [5, 5.41) is 11.9. The molecular formula is C16H15NO3. The van der Waals surface area contributed by atoms with Crippen molar-refractivity contribution in [2.24, 2.45) is 0 Å². The third-order valence-corrected chi connectivity index (χ3v) is 3.15. The van der Waals surface area contributed by atoms with Gasteiger partial charge in [-0.25, -0.2) is 4.79 Å². The quantitative estimate of drug-likeness (QED) is 0.900. The molecule has 2 aromatic carbocycles. The molecular weight excluding hydrogens is 254 g/mol. The first-order valence-corrected chi connectivity index (χ1v) is 6.20. The maximum absolute atomic E-state index is 11.7. The zero-order valence-electron chi connectivity index (χ0n) is 11.3. The third kappa shape index (κ3) is 2.54. The lowest BCUT2D eigenvalue weighted by Gasteiger charge is -2.10. The predicted molar refractivity (Wildman–Crippen MR) is 77.0 cm³/mol. The molecule has 0 unspecified atom stereocenters. The molecule has 1 amide bonds. The first-order chi connectivity index (χ1) is 9.54. The highest BCUT2D eigenvalue weighted by Crippen LogP contribution is 2.27. The van der Waals surface area contributed by atoms with E-state index >= 15 is 0 Å². The van der Waals surface area contributed by atoms with Crippen LogP contribution in [0.4, 0.5) is 0 Å². The Bertz CT molecular complexity index is 677. The molecule has 0 aliphatic heterocycles. The number of amides is 1. The second-order valence-electron chi connectivity index (χ2n) is 4.46. The van der Waals surface area contributed by atoms with Crippen LogP contribution in [0.2, 0.25) is 0 Å². The Morgan fingerprint density at radius 2 is 1.80 bits per heavy atom. The fraction of sp³-hybridized carbons (Fsp3) is 0.125. The summed E-state index contributed by atoms with van der Waals surface area (Å²) in [6.07, 6.45) is 0. The number of carboxylic acid groups (broad SMARTS) is 1. The van der Waals surface area contributed by atoms with Crippen LogP contribution < -0.4 is 5.32 Å². The smallest absolute Gasteiger partial charge is 0.336 e. The monoisotopic (exact) mass is 269 g/mol. The SMILES string of the molecule is CNC(=O)c1cccc(-c2cccc(C)c2C(=O)O)c1. The van der Waals surface area contributed by atoms with E-state index in [-0.39, 0.29) is 11.5 Å². The van der Waals surface area contributed by atoms with E-state index in [1.807, 2.05) is 6.07 Å². The Balaban J connectivity index is 2.60. The largest absolute Gasteiger partial charge is 0.478 e. The molecule has 0 saturated carbocycles. The van der Waals surface area contributed by atoms with Crippen molar-refractivity contribution in [3.05, 3.63) is 59.2 Å². The molecule has 0 aliphatic rings. The molecule has 0 fully saturated rings. The summed E-state index contributed by atoms with van der Waals surface area (Å²) in [7, 11) is 1.56. The van der Waals surface area contributed by atoms with Crippen LogP contribution >= 0.6 is 0 Å². The van der Waals surface area contributed by atoms with Gasteiger partial charge in [0.25, 0.3) is 5.91 Å². The highest BCUT2D eigenvalue weighted by Gasteiger charge is 2.15. The fourth-order valence-electron chi connectivity index (χ4n) is 2.16. The van der Waals surface area contributed by atoms with E-state index in [1.165, 1.54) is 0 Å². The number of rotatable bonds is 3. The molecule has 2 aromatic rings. The average Bonchev–Trinajstić information content (AvgIpc) is 2.45. The molecule has 20 heavy (non-hydrogen) atoms.